The van der Waals surface area contributed by atoms with E-state index in [9.17, 15) is 4.79 Å². The van der Waals surface area contributed by atoms with Crippen LogP contribution in [0.3, 0.4) is 0 Å². The molecule has 1 saturated heterocycles. The molecule has 0 unspecified atom stereocenters. The topological polar surface area (TPSA) is 72.3 Å². The van der Waals surface area contributed by atoms with Gasteiger partial charge >= 0.3 is 0 Å². The Kier molecular flexibility index (Phi) is 5.86. The summed E-state index contributed by atoms with van der Waals surface area (Å²) < 4.78 is 16.1. The molecule has 0 aliphatic carbocycles. The summed E-state index contributed by atoms with van der Waals surface area (Å²) in [4.78, 5) is 16.1. The molecule has 3 aromatic rings. The molecule has 3 heterocycles. The summed E-state index contributed by atoms with van der Waals surface area (Å²) >= 11 is 0. The number of nitrogens with zero attached hydrogens (tertiary/aromatic N) is 1. The van der Waals surface area contributed by atoms with Crippen molar-refractivity contribution in [3.05, 3.63) is 72.6 Å². The van der Waals surface area contributed by atoms with Crippen LogP contribution in [-0.2, 0) is 0 Å². The van der Waals surface area contributed by atoms with Gasteiger partial charge in [0, 0.05) is 5.69 Å². The zero-order valence-electron chi connectivity index (χ0n) is 16.5. The number of amides is 1. The van der Waals surface area contributed by atoms with Gasteiger partial charge in [0.15, 0.2) is 17.6 Å². The first-order chi connectivity index (χ1) is 14.2. The molecule has 1 aliphatic rings. The molecule has 1 aromatic carbocycles. The lowest BCUT2D eigenvalue weighted by molar-refractivity contribution is -0.932. The van der Waals surface area contributed by atoms with Gasteiger partial charge in [-0.25, -0.2) is 0 Å². The standard InChI is InChI=1S/C22H25N3O4/c1-27-18-8-6-17(7-9-18)24-10-12-25(13-11-24)19(20-4-2-14-28-20)16-23-22(26)21-5-3-15-29-21/h2-9,14-15,19H,10-13,16H2,1H3,(H,23,26)/p+1/t19-/m1/s1. The van der Waals surface area contributed by atoms with Crippen LogP contribution in [0.5, 0.6) is 5.75 Å². The van der Waals surface area contributed by atoms with E-state index >= 15 is 0 Å². The van der Waals surface area contributed by atoms with Gasteiger partial charge in [0.2, 0.25) is 0 Å². The van der Waals surface area contributed by atoms with Gasteiger partial charge in [0.1, 0.15) is 5.75 Å². The summed E-state index contributed by atoms with van der Waals surface area (Å²) in [6.45, 7) is 4.27. The van der Waals surface area contributed by atoms with E-state index in [0.717, 1.165) is 37.7 Å². The maximum Gasteiger partial charge on any atom is 0.287 e. The fourth-order valence-corrected chi connectivity index (χ4v) is 3.82. The highest BCUT2D eigenvalue weighted by Gasteiger charge is 2.31. The lowest BCUT2D eigenvalue weighted by atomic mass is 10.1. The number of carbonyl (C=O) groups is 1. The second-order valence-electron chi connectivity index (χ2n) is 7.10. The zero-order chi connectivity index (χ0) is 20.1. The van der Waals surface area contributed by atoms with Gasteiger partial charge in [0.25, 0.3) is 5.91 Å². The molecule has 0 radical (unpaired) electrons. The number of anilines is 1. The minimum atomic E-state index is -0.206. The minimum Gasteiger partial charge on any atom is -0.497 e. The first-order valence-corrected chi connectivity index (χ1v) is 9.83. The Labute approximate surface area is 169 Å². The number of hydrogen-bond acceptors (Lipinski definition) is 5. The van der Waals surface area contributed by atoms with Gasteiger partial charge in [-0.1, -0.05) is 0 Å². The molecule has 2 aromatic heterocycles. The van der Waals surface area contributed by atoms with Crippen molar-refractivity contribution in [2.45, 2.75) is 6.04 Å². The zero-order valence-corrected chi connectivity index (χ0v) is 16.5. The predicted octanol–water partition coefficient (Wildman–Crippen LogP) is 1.76. The second-order valence-corrected chi connectivity index (χ2v) is 7.10. The van der Waals surface area contributed by atoms with Gasteiger partial charge in [-0.05, 0) is 48.5 Å². The Morgan fingerprint density at radius 1 is 1.10 bits per heavy atom. The highest BCUT2D eigenvalue weighted by Crippen LogP contribution is 2.19. The first kappa shape index (κ1) is 19.1. The van der Waals surface area contributed by atoms with Crippen molar-refractivity contribution >= 4 is 11.6 Å². The SMILES string of the molecule is COc1ccc(N2CC[NH+]([C@H](CNC(=O)c3ccco3)c3ccco3)CC2)cc1. The maximum absolute atomic E-state index is 12.3. The van der Waals surface area contributed by atoms with E-state index in [0.29, 0.717) is 12.3 Å². The van der Waals surface area contributed by atoms with Gasteiger partial charge in [-0.15, -0.1) is 0 Å². The minimum absolute atomic E-state index is 0.0573. The number of methoxy groups -OCH3 is 1. The van der Waals surface area contributed by atoms with Gasteiger partial charge in [-0.2, -0.15) is 0 Å². The predicted molar refractivity (Wildman–Crippen MR) is 108 cm³/mol. The van der Waals surface area contributed by atoms with Crippen molar-refractivity contribution < 1.29 is 23.3 Å². The summed E-state index contributed by atoms with van der Waals surface area (Å²) in [5, 5.41) is 2.99. The number of rotatable bonds is 7. The lowest BCUT2D eigenvalue weighted by Crippen LogP contribution is -3.15. The third kappa shape index (κ3) is 4.46. The van der Waals surface area contributed by atoms with Crippen molar-refractivity contribution in [2.75, 3.05) is 44.7 Å². The van der Waals surface area contributed by atoms with Crippen molar-refractivity contribution in [2.24, 2.45) is 0 Å². The van der Waals surface area contributed by atoms with Crippen LogP contribution < -0.4 is 19.9 Å². The number of piperazine rings is 1. The molecular formula is C22H26N3O4+. The Balaban J connectivity index is 1.39. The van der Waals surface area contributed by atoms with Crippen molar-refractivity contribution in [1.29, 1.82) is 0 Å². The van der Waals surface area contributed by atoms with Crippen LogP contribution in [0, 0.1) is 0 Å². The van der Waals surface area contributed by atoms with Crippen molar-refractivity contribution in [3.63, 3.8) is 0 Å². The third-order valence-electron chi connectivity index (χ3n) is 5.43. The van der Waals surface area contributed by atoms with Crippen LogP contribution >= 0.6 is 0 Å². The van der Waals surface area contributed by atoms with E-state index in [1.165, 1.54) is 16.9 Å². The fourth-order valence-electron chi connectivity index (χ4n) is 3.82. The van der Waals surface area contributed by atoms with E-state index in [2.05, 4.69) is 22.3 Å². The number of benzene rings is 1. The summed E-state index contributed by atoms with van der Waals surface area (Å²) in [6.07, 6.45) is 3.19. The van der Waals surface area contributed by atoms with E-state index < -0.39 is 0 Å². The van der Waals surface area contributed by atoms with Gasteiger partial charge in [-0.3, -0.25) is 4.79 Å². The molecule has 1 fully saturated rings. The number of quaternary nitrogens is 1. The quantitative estimate of drug-likeness (QED) is 0.637. The smallest absolute Gasteiger partial charge is 0.287 e. The molecule has 0 bridgehead atoms. The number of carbonyl (C=O) groups excluding carboxylic acids is 1. The average molecular weight is 396 g/mol. The van der Waals surface area contributed by atoms with Crippen LogP contribution in [0.25, 0.3) is 0 Å². The summed E-state index contributed by atoms with van der Waals surface area (Å²) in [6, 6.07) is 15.5. The Morgan fingerprint density at radius 2 is 1.83 bits per heavy atom. The molecule has 1 amide bonds. The number of furan rings is 2. The van der Waals surface area contributed by atoms with Gasteiger partial charge in [0.05, 0.1) is 52.4 Å². The second kappa shape index (κ2) is 8.87. The molecule has 4 rings (SSSR count). The number of ether oxygens (including phenoxy) is 1. The third-order valence-corrected chi connectivity index (χ3v) is 5.43. The highest BCUT2D eigenvalue weighted by molar-refractivity contribution is 5.91. The van der Waals surface area contributed by atoms with Crippen LogP contribution in [0.15, 0.2) is 69.9 Å². The molecule has 0 spiro atoms. The van der Waals surface area contributed by atoms with E-state index in [4.69, 9.17) is 13.6 Å². The molecule has 0 saturated carbocycles. The Bertz CT molecular complexity index is 883. The number of hydrogen-bond donors (Lipinski definition) is 2. The monoisotopic (exact) mass is 396 g/mol. The molecule has 1 aliphatic heterocycles. The normalized spacial score (nSPS) is 15.8. The van der Waals surface area contributed by atoms with E-state index in [1.807, 2.05) is 24.3 Å². The van der Waals surface area contributed by atoms with Crippen molar-refractivity contribution in [1.82, 2.24) is 5.32 Å². The molecule has 7 heteroatoms. The van der Waals surface area contributed by atoms with Crippen LogP contribution in [0.1, 0.15) is 22.4 Å². The summed E-state index contributed by atoms with van der Waals surface area (Å²) in [7, 11) is 1.68. The summed E-state index contributed by atoms with van der Waals surface area (Å²) in [5.41, 5.74) is 1.20. The largest absolute Gasteiger partial charge is 0.497 e. The Morgan fingerprint density at radius 3 is 2.45 bits per heavy atom. The molecule has 2 N–H and O–H groups in total. The van der Waals surface area contributed by atoms with E-state index in [1.54, 1.807) is 25.5 Å². The summed E-state index contributed by atoms with van der Waals surface area (Å²) in [5.74, 6) is 1.87. The van der Waals surface area contributed by atoms with Crippen LogP contribution in [-0.4, -0.2) is 45.7 Å². The number of nitrogens with one attached hydrogen (secondary N) is 2. The van der Waals surface area contributed by atoms with Crippen LogP contribution in [0.4, 0.5) is 5.69 Å². The molecule has 7 nitrogen and oxygen atoms in total. The Hall–Kier alpha value is -3.19. The van der Waals surface area contributed by atoms with Crippen molar-refractivity contribution in [3.8, 4) is 5.75 Å². The molecule has 152 valence electrons. The highest BCUT2D eigenvalue weighted by atomic mass is 16.5. The van der Waals surface area contributed by atoms with E-state index in [-0.39, 0.29) is 11.9 Å². The fraction of sp³-hybridized carbons (Fsp3) is 0.318. The maximum atomic E-state index is 12.3. The van der Waals surface area contributed by atoms with Crippen LogP contribution in [0.2, 0.25) is 0 Å². The lowest BCUT2D eigenvalue weighted by Gasteiger charge is -2.37. The van der Waals surface area contributed by atoms with Gasteiger partial charge < -0.3 is 28.7 Å². The first-order valence-electron chi connectivity index (χ1n) is 9.83. The molecule has 1 atom stereocenters. The molecule has 29 heavy (non-hydrogen) atoms. The average Bonchev–Trinajstić information content (AvgIpc) is 3.49. The molecular weight excluding hydrogens is 370 g/mol.